The first kappa shape index (κ1) is 17.9. The van der Waals surface area contributed by atoms with Crippen LogP contribution in [0.2, 0.25) is 0 Å². The van der Waals surface area contributed by atoms with Crippen LogP contribution in [0.25, 0.3) is 10.9 Å². The van der Waals surface area contributed by atoms with Crippen molar-refractivity contribution < 1.29 is 13.9 Å². The number of benzene rings is 2. The van der Waals surface area contributed by atoms with Crippen molar-refractivity contribution in [3.05, 3.63) is 83.9 Å². The van der Waals surface area contributed by atoms with E-state index in [9.17, 15) is 4.79 Å². The highest BCUT2D eigenvalue weighted by molar-refractivity contribution is 5.98. The molecule has 2 aromatic carbocycles. The lowest BCUT2D eigenvalue weighted by Crippen LogP contribution is -2.26. The molecule has 142 valence electrons. The molecule has 0 radical (unpaired) electrons. The quantitative estimate of drug-likeness (QED) is 0.549. The number of hydrogen-bond acceptors (Lipinski definition) is 4. The van der Waals surface area contributed by atoms with Gasteiger partial charge < -0.3 is 14.5 Å². The first-order chi connectivity index (χ1) is 13.6. The van der Waals surface area contributed by atoms with E-state index < -0.39 is 0 Å². The van der Waals surface area contributed by atoms with E-state index in [1.54, 1.807) is 19.4 Å². The molecule has 0 aliphatic carbocycles. The van der Waals surface area contributed by atoms with Crippen LogP contribution in [0, 0.1) is 0 Å². The van der Waals surface area contributed by atoms with E-state index in [1.165, 1.54) is 0 Å². The van der Waals surface area contributed by atoms with E-state index in [2.05, 4.69) is 10.4 Å². The largest absolute Gasteiger partial charge is 0.497 e. The number of carbonyl (C=O) groups excluding carboxylic acids is 1. The molecule has 28 heavy (non-hydrogen) atoms. The topological polar surface area (TPSA) is 69.3 Å². The second-order valence-electron chi connectivity index (χ2n) is 6.64. The fourth-order valence-electron chi connectivity index (χ4n) is 3.17. The summed E-state index contributed by atoms with van der Waals surface area (Å²) in [6.45, 7) is 2.48. The number of fused-ring (bicyclic) bond motifs is 1. The first-order valence-corrected chi connectivity index (χ1v) is 9.07. The maximum Gasteiger partial charge on any atom is 0.251 e. The van der Waals surface area contributed by atoms with Crippen LogP contribution in [-0.4, -0.2) is 22.8 Å². The Labute approximate surface area is 162 Å². The Balaban J connectivity index is 1.58. The third-order valence-electron chi connectivity index (χ3n) is 4.69. The molecule has 0 bridgehead atoms. The fraction of sp³-hybridized carbons (Fsp3) is 0.182. The van der Waals surface area contributed by atoms with Gasteiger partial charge in [-0.25, -0.2) is 0 Å². The molecule has 0 aliphatic heterocycles. The highest BCUT2D eigenvalue weighted by Gasteiger charge is 2.15. The Kier molecular flexibility index (Phi) is 4.85. The van der Waals surface area contributed by atoms with Crippen LogP contribution in [0.3, 0.4) is 0 Å². The van der Waals surface area contributed by atoms with E-state index in [0.717, 1.165) is 28.0 Å². The van der Waals surface area contributed by atoms with Crippen molar-refractivity contribution in [2.24, 2.45) is 0 Å². The highest BCUT2D eigenvalue weighted by atomic mass is 16.5. The molecule has 1 amide bonds. The van der Waals surface area contributed by atoms with Crippen molar-refractivity contribution in [3.8, 4) is 5.75 Å². The van der Waals surface area contributed by atoms with Gasteiger partial charge in [0.05, 0.1) is 37.7 Å². The minimum atomic E-state index is -0.208. The van der Waals surface area contributed by atoms with E-state index >= 15 is 0 Å². The van der Waals surface area contributed by atoms with Crippen LogP contribution in [0.4, 0.5) is 0 Å². The van der Waals surface area contributed by atoms with Gasteiger partial charge in [0.1, 0.15) is 11.5 Å². The van der Waals surface area contributed by atoms with Crippen LogP contribution in [0.15, 0.2) is 71.5 Å². The third-order valence-corrected chi connectivity index (χ3v) is 4.69. The van der Waals surface area contributed by atoms with Crippen molar-refractivity contribution in [3.63, 3.8) is 0 Å². The number of furan rings is 1. The normalized spacial score (nSPS) is 12.1. The average Bonchev–Trinajstić information content (AvgIpc) is 3.38. The molecule has 4 aromatic rings. The molecule has 6 heteroatoms. The van der Waals surface area contributed by atoms with E-state index in [1.807, 2.05) is 66.3 Å². The van der Waals surface area contributed by atoms with Gasteiger partial charge in [0, 0.05) is 10.9 Å². The molecule has 1 atom stereocenters. The molecular weight excluding hydrogens is 354 g/mol. The zero-order valence-electron chi connectivity index (χ0n) is 15.8. The predicted octanol–water partition coefficient (Wildman–Crippen LogP) is 4.18. The molecule has 0 saturated carbocycles. The van der Waals surface area contributed by atoms with Gasteiger partial charge in [0.25, 0.3) is 5.91 Å². The predicted molar refractivity (Wildman–Crippen MR) is 106 cm³/mol. The molecule has 0 spiro atoms. The summed E-state index contributed by atoms with van der Waals surface area (Å²) in [6, 6.07) is 16.9. The number of aromatic nitrogens is 2. The molecular formula is C22H21N3O3. The Morgan fingerprint density at radius 2 is 2.11 bits per heavy atom. The van der Waals surface area contributed by atoms with Gasteiger partial charge in [0.15, 0.2) is 0 Å². The van der Waals surface area contributed by atoms with Crippen LogP contribution in [-0.2, 0) is 6.54 Å². The van der Waals surface area contributed by atoms with Gasteiger partial charge in [-0.15, -0.1) is 0 Å². The monoisotopic (exact) mass is 375 g/mol. The highest BCUT2D eigenvalue weighted by Crippen LogP contribution is 2.20. The summed E-state index contributed by atoms with van der Waals surface area (Å²) in [7, 11) is 1.65. The van der Waals surface area contributed by atoms with Gasteiger partial charge >= 0.3 is 0 Å². The SMILES string of the molecule is COc1cccc(Cn2ncc3ccc(C(=O)NC(C)c4ccco4)cc32)c1. The maximum absolute atomic E-state index is 12.7. The third kappa shape index (κ3) is 3.62. The number of amides is 1. The molecule has 1 N–H and O–H groups in total. The summed E-state index contributed by atoms with van der Waals surface area (Å²) >= 11 is 0. The Morgan fingerprint density at radius 3 is 2.89 bits per heavy atom. The van der Waals surface area contributed by atoms with Gasteiger partial charge in [-0.05, 0) is 48.9 Å². The number of ether oxygens (including phenoxy) is 1. The van der Waals surface area contributed by atoms with E-state index in [0.29, 0.717) is 12.1 Å². The summed E-state index contributed by atoms with van der Waals surface area (Å²) in [5.74, 6) is 1.37. The molecule has 0 fully saturated rings. The second-order valence-corrected chi connectivity index (χ2v) is 6.64. The molecule has 0 aliphatic rings. The Hall–Kier alpha value is -3.54. The summed E-state index contributed by atoms with van der Waals surface area (Å²) in [6.07, 6.45) is 3.41. The van der Waals surface area contributed by atoms with Crippen molar-refractivity contribution in [1.29, 1.82) is 0 Å². The number of carbonyl (C=O) groups is 1. The van der Waals surface area contributed by atoms with Crippen LogP contribution in [0.1, 0.15) is 34.6 Å². The van der Waals surface area contributed by atoms with Crippen molar-refractivity contribution in [2.75, 3.05) is 7.11 Å². The number of nitrogens with zero attached hydrogens (tertiary/aromatic N) is 2. The molecule has 6 nitrogen and oxygen atoms in total. The number of hydrogen-bond donors (Lipinski definition) is 1. The van der Waals surface area contributed by atoms with E-state index in [-0.39, 0.29) is 11.9 Å². The van der Waals surface area contributed by atoms with Crippen molar-refractivity contribution >= 4 is 16.8 Å². The smallest absolute Gasteiger partial charge is 0.251 e. The lowest BCUT2D eigenvalue weighted by molar-refractivity contribution is 0.0935. The van der Waals surface area contributed by atoms with Crippen LogP contribution < -0.4 is 10.1 Å². The Bertz CT molecular complexity index is 1100. The van der Waals surface area contributed by atoms with Gasteiger partial charge in [-0.1, -0.05) is 18.2 Å². The molecule has 2 heterocycles. The zero-order chi connectivity index (χ0) is 19.5. The van der Waals surface area contributed by atoms with Gasteiger partial charge in [-0.2, -0.15) is 5.10 Å². The molecule has 4 rings (SSSR count). The molecule has 0 saturated heterocycles. The number of methoxy groups -OCH3 is 1. The lowest BCUT2D eigenvalue weighted by atomic mass is 10.1. The standard InChI is InChI=1S/C22H21N3O3/c1-15(21-7-4-10-28-21)24-22(26)17-8-9-18-13-23-25(20(18)12-17)14-16-5-3-6-19(11-16)27-2/h3-13,15H,14H2,1-2H3,(H,24,26). The van der Waals surface area contributed by atoms with Crippen LogP contribution >= 0.6 is 0 Å². The van der Waals surface area contributed by atoms with Gasteiger partial charge in [-0.3, -0.25) is 9.48 Å². The summed E-state index contributed by atoms with van der Waals surface area (Å²) in [5, 5.41) is 8.42. The number of rotatable bonds is 6. The Morgan fingerprint density at radius 1 is 1.21 bits per heavy atom. The maximum atomic E-state index is 12.7. The first-order valence-electron chi connectivity index (χ1n) is 9.07. The van der Waals surface area contributed by atoms with Crippen molar-refractivity contribution in [1.82, 2.24) is 15.1 Å². The molecule has 1 unspecified atom stereocenters. The minimum absolute atomic E-state index is 0.153. The van der Waals surface area contributed by atoms with Crippen molar-refractivity contribution in [2.45, 2.75) is 19.5 Å². The minimum Gasteiger partial charge on any atom is -0.497 e. The van der Waals surface area contributed by atoms with Crippen LogP contribution in [0.5, 0.6) is 5.75 Å². The molecule has 2 aromatic heterocycles. The van der Waals surface area contributed by atoms with E-state index in [4.69, 9.17) is 9.15 Å². The number of nitrogens with one attached hydrogen (secondary N) is 1. The second kappa shape index (κ2) is 7.60. The summed E-state index contributed by atoms with van der Waals surface area (Å²) < 4.78 is 12.5. The zero-order valence-corrected chi connectivity index (χ0v) is 15.8. The average molecular weight is 375 g/mol. The fourth-order valence-corrected chi connectivity index (χ4v) is 3.17. The van der Waals surface area contributed by atoms with Gasteiger partial charge in [0.2, 0.25) is 0 Å². The summed E-state index contributed by atoms with van der Waals surface area (Å²) in [5.41, 5.74) is 2.56. The summed E-state index contributed by atoms with van der Waals surface area (Å²) in [4.78, 5) is 12.7. The lowest BCUT2D eigenvalue weighted by Gasteiger charge is -2.12.